The standard InChI is InChI=1S/C20H23FN2O/c1-2-15-7-9-16(10-8-15)19-14-22-11-12-23(19)20(24)13-17-5-3-4-6-18(17)21/h3-10,19,22H,2,11-14H2,1H3. The van der Waals surface area contributed by atoms with Crippen molar-refractivity contribution in [3.63, 3.8) is 0 Å². The van der Waals surface area contributed by atoms with Gasteiger partial charge in [0, 0.05) is 19.6 Å². The number of benzene rings is 2. The van der Waals surface area contributed by atoms with Crippen molar-refractivity contribution >= 4 is 5.91 Å². The minimum atomic E-state index is -0.315. The van der Waals surface area contributed by atoms with Gasteiger partial charge in [-0.25, -0.2) is 4.39 Å². The molecule has 0 bridgehead atoms. The molecule has 24 heavy (non-hydrogen) atoms. The molecule has 2 aromatic rings. The average molecular weight is 326 g/mol. The zero-order valence-electron chi connectivity index (χ0n) is 14.0. The minimum absolute atomic E-state index is 0.00364. The third-order valence-corrected chi connectivity index (χ3v) is 4.64. The summed E-state index contributed by atoms with van der Waals surface area (Å²) < 4.78 is 13.8. The normalized spacial score (nSPS) is 17.8. The smallest absolute Gasteiger partial charge is 0.227 e. The van der Waals surface area contributed by atoms with Crippen molar-refractivity contribution in [2.45, 2.75) is 25.8 Å². The second kappa shape index (κ2) is 7.58. The van der Waals surface area contributed by atoms with E-state index in [9.17, 15) is 9.18 Å². The molecular formula is C20H23FN2O. The molecule has 3 nitrogen and oxygen atoms in total. The fourth-order valence-corrected chi connectivity index (χ4v) is 3.18. The Kier molecular flexibility index (Phi) is 5.26. The first-order valence-electron chi connectivity index (χ1n) is 8.51. The van der Waals surface area contributed by atoms with E-state index in [0.717, 1.165) is 25.1 Å². The number of carbonyl (C=O) groups is 1. The van der Waals surface area contributed by atoms with Gasteiger partial charge in [0.05, 0.1) is 12.5 Å². The molecule has 1 aliphatic rings. The van der Waals surface area contributed by atoms with Crippen LogP contribution >= 0.6 is 0 Å². The SMILES string of the molecule is CCc1ccc(C2CNCCN2C(=O)Cc2ccccc2F)cc1. The van der Waals surface area contributed by atoms with Crippen LogP contribution in [0.4, 0.5) is 4.39 Å². The van der Waals surface area contributed by atoms with Gasteiger partial charge < -0.3 is 10.2 Å². The lowest BCUT2D eigenvalue weighted by molar-refractivity contribution is -0.133. The van der Waals surface area contributed by atoms with Crippen molar-refractivity contribution in [3.05, 3.63) is 71.0 Å². The predicted molar refractivity (Wildman–Crippen MR) is 93.2 cm³/mol. The van der Waals surface area contributed by atoms with Gasteiger partial charge in [0.1, 0.15) is 5.82 Å². The van der Waals surface area contributed by atoms with Crippen LogP contribution in [0, 0.1) is 5.82 Å². The maximum absolute atomic E-state index is 13.8. The van der Waals surface area contributed by atoms with E-state index in [0.29, 0.717) is 12.1 Å². The van der Waals surface area contributed by atoms with E-state index in [1.165, 1.54) is 11.6 Å². The first-order valence-corrected chi connectivity index (χ1v) is 8.51. The molecule has 1 atom stereocenters. The van der Waals surface area contributed by atoms with E-state index in [1.807, 2.05) is 4.90 Å². The summed E-state index contributed by atoms with van der Waals surface area (Å²) in [6.45, 7) is 4.27. The summed E-state index contributed by atoms with van der Waals surface area (Å²) in [6.07, 6.45) is 1.11. The third kappa shape index (κ3) is 3.65. The largest absolute Gasteiger partial charge is 0.333 e. The lowest BCUT2D eigenvalue weighted by Crippen LogP contribution is -2.49. The first-order chi connectivity index (χ1) is 11.7. The summed E-state index contributed by atoms with van der Waals surface area (Å²) in [5, 5.41) is 3.35. The highest BCUT2D eigenvalue weighted by Crippen LogP contribution is 2.24. The molecule has 1 amide bonds. The van der Waals surface area contributed by atoms with Gasteiger partial charge in [-0.2, -0.15) is 0 Å². The van der Waals surface area contributed by atoms with Crippen LogP contribution in [-0.4, -0.2) is 30.4 Å². The number of halogens is 1. The number of rotatable bonds is 4. The third-order valence-electron chi connectivity index (χ3n) is 4.64. The number of nitrogens with zero attached hydrogens (tertiary/aromatic N) is 1. The highest BCUT2D eigenvalue weighted by atomic mass is 19.1. The Morgan fingerprint density at radius 2 is 1.96 bits per heavy atom. The van der Waals surface area contributed by atoms with Crippen molar-refractivity contribution in [1.29, 1.82) is 0 Å². The summed E-state index contributed by atoms with van der Waals surface area (Å²) in [4.78, 5) is 14.6. The van der Waals surface area contributed by atoms with Crippen molar-refractivity contribution in [2.24, 2.45) is 0 Å². The molecule has 0 saturated carbocycles. The summed E-state index contributed by atoms with van der Waals surface area (Å²) in [5.41, 5.74) is 2.87. The zero-order chi connectivity index (χ0) is 16.9. The monoisotopic (exact) mass is 326 g/mol. The fraction of sp³-hybridized carbons (Fsp3) is 0.350. The fourth-order valence-electron chi connectivity index (χ4n) is 3.18. The molecule has 0 radical (unpaired) electrons. The van der Waals surface area contributed by atoms with E-state index >= 15 is 0 Å². The molecule has 126 valence electrons. The van der Waals surface area contributed by atoms with Gasteiger partial charge in [0.15, 0.2) is 0 Å². The minimum Gasteiger partial charge on any atom is -0.333 e. The van der Waals surface area contributed by atoms with Crippen molar-refractivity contribution in [1.82, 2.24) is 10.2 Å². The summed E-state index contributed by atoms with van der Waals surface area (Å²) in [6, 6.07) is 14.9. The van der Waals surface area contributed by atoms with Crippen molar-refractivity contribution < 1.29 is 9.18 Å². The van der Waals surface area contributed by atoms with Gasteiger partial charge in [-0.15, -0.1) is 0 Å². The van der Waals surface area contributed by atoms with Gasteiger partial charge in [0.2, 0.25) is 5.91 Å². The zero-order valence-corrected chi connectivity index (χ0v) is 14.0. The second-order valence-electron chi connectivity index (χ2n) is 6.17. The number of nitrogens with one attached hydrogen (secondary N) is 1. The molecule has 1 unspecified atom stereocenters. The molecular weight excluding hydrogens is 303 g/mol. The lowest BCUT2D eigenvalue weighted by atomic mass is 10.00. The van der Waals surface area contributed by atoms with Crippen LogP contribution in [0.2, 0.25) is 0 Å². The van der Waals surface area contributed by atoms with E-state index < -0.39 is 0 Å². The Bertz CT molecular complexity index is 699. The number of hydrogen-bond donors (Lipinski definition) is 1. The number of carbonyl (C=O) groups excluding carboxylic acids is 1. The van der Waals surface area contributed by atoms with Crippen molar-refractivity contribution in [2.75, 3.05) is 19.6 Å². The molecule has 1 heterocycles. The van der Waals surface area contributed by atoms with E-state index in [-0.39, 0.29) is 24.2 Å². The number of piperazine rings is 1. The highest BCUT2D eigenvalue weighted by Gasteiger charge is 2.28. The number of aryl methyl sites for hydroxylation is 1. The Balaban J connectivity index is 1.78. The molecule has 3 rings (SSSR count). The first kappa shape index (κ1) is 16.7. The van der Waals surface area contributed by atoms with Gasteiger partial charge in [-0.05, 0) is 29.2 Å². The maximum Gasteiger partial charge on any atom is 0.227 e. The lowest BCUT2D eigenvalue weighted by Gasteiger charge is -2.36. The number of amides is 1. The Morgan fingerprint density at radius 3 is 2.67 bits per heavy atom. The van der Waals surface area contributed by atoms with Gasteiger partial charge in [0.25, 0.3) is 0 Å². The van der Waals surface area contributed by atoms with Crippen LogP contribution in [0.5, 0.6) is 0 Å². The van der Waals surface area contributed by atoms with Gasteiger partial charge in [-0.1, -0.05) is 49.4 Å². The Labute approximate surface area is 142 Å². The highest BCUT2D eigenvalue weighted by molar-refractivity contribution is 5.79. The molecule has 1 N–H and O–H groups in total. The van der Waals surface area contributed by atoms with Crippen LogP contribution < -0.4 is 5.32 Å². The van der Waals surface area contributed by atoms with Crippen LogP contribution in [-0.2, 0) is 17.6 Å². The second-order valence-corrected chi connectivity index (χ2v) is 6.17. The van der Waals surface area contributed by atoms with E-state index in [1.54, 1.807) is 18.2 Å². The van der Waals surface area contributed by atoms with Crippen LogP contribution in [0.1, 0.15) is 29.7 Å². The molecule has 1 fully saturated rings. The summed E-state index contributed by atoms with van der Waals surface area (Å²) in [5.74, 6) is -0.337. The van der Waals surface area contributed by atoms with Crippen LogP contribution in [0.3, 0.4) is 0 Å². The van der Waals surface area contributed by atoms with Crippen molar-refractivity contribution in [3.8, 4) is 0 Å². The summed E-state index contributed by atoms with van der Waals surface area (Å²) >= 11 is 0. The molecule has 0 spiro atoms. The Hall–Kier alpha value is -2.20. The van der Waals surface area contributed by atoms with E-state index in [4.69, 9.17) is 0 Å². The Morgan fingerprint density at radius 1 is 1.21 bits per heavy atom. The topological polar surface area (TPSA) is 32.3 Å². The number of hydrogen-bond acceptors (Lipinski definition) is 2. The van der Waals surface area contributed by atoms with Gasteiger partial charge >= 0.3 is 0 Å². The maximum atomic E-state index is 13.8. The quantitative estimate of drug-likeness (QED) is 0.936. The molecule has 0 aromatic heterocycles. The van der Waals surface area contributed by atoms with Crippen LogP contribution in [0.25, 0.3) is 0 Å². The molecule has 2 aromatic carbocycles. The summed E-state index contributed by atoms with van der Waals surface area (Å²) in [7, 11) is 0. The molecule has 0 aliphatic carbocycles. The van der Waals surface area contributed by atoms with Gasteiger partial charge in [-0.3, -0.25) is 4.79 Å². The van der Waals surface area contributed by atoms with E-state index in [2.05, 4.69) is 36.5 Å². The molecule has 4 heteroatoms. The molecule has 1 aliphatic heterocycles. The molecule has 1 saturated heterocycles. The average Bonchev–Trinajstić information content (AvgIpc) is 2.63. The van der Waals surface area contributed by atoms with Crippen LogP contribution in [0.15, 0.2) is 48.5 Å². The predicted octanol–water partition coefficient (Wildman–Crippen LogP) is 3.10.